The van der Waals surface area contributed by atoms with Crippen molar-refractivity contribution >= 4 is 16.9 Å². The number of carbonyl (C=O) groups is 1. The first-order valence-electron chi connectivity index (χ1n) is 7.41. The molecule has 0 radical (unpaired) electrons. The lowest BCUT2D eigenvalue weighted by atomic mass is 10.0. The van der Waals surface area contributed by atoms with Crippen LogP contribution in [0.5, 0.6) is 0 Å². The van der Waals surface area contributed by atoms with Crippen LogP contribution in [0.1, 0.15) is 38.7 Å². The van der Waals surface area contributed by atoms with E-state index in [2.05, 4.69) is 47.8 Å². The Labute approximate surface area is 125 Å². The fourth-order valence-corrected chi connectivity index (χ4v) is 2.73. The van der Waals surface area contributed by atoms with Gasteiger partial charge in [0, 0.05) is 12.0 Å². The molecule has 3 rings (SSSR count). The molecule has 1 aliphatic rings. The molecular formula is C18H21NO2. The number of benzene rings is 2. The Kier molecular flexibility index (Phi) is 3.36. The highest BCUT2D eigenvalue weighted by molar-refractivity contribution is 5.86. The minimum absolute atomic E-state index is 0.186. The summed E-state index contributed by atoms with van der Waals surface area (Å²) in [6.45, 7) is 5.63. The van der Waals surface area contributed by atoms with E-state index >= 15 is 0 Å². The number of amides is 1. The number of fused-ring (bicyclic) bond motifs is 1. The quantitative estimate of drug-likeness (QED) is 0.896. The van der Waals surface area contributed by atoms with E-state index in [0.29, 0.717) is 5.92 Å². The Morgan fingerprint density at radius 2 is 1.86 bits per heavy atom. The molecule has 0 aromatic heterocycles. The first-order valence-corrected chi connectivity index (χ1v) is 7.41. The Bertz CT molecular complexity index is 667. The number of ether oxygens (including phenoxy) is 1. The highest BCUT2D eigenvalue weighted by atomic mass is 16.6. The van der Waals surface area contributed by atoms with E-state index in [1.807, 2.05) is 20.8 Å². The standard InChI is InChI=1S/C18H21NO2/c1-18(2,3)21-17(20)19-16-11-15(16)14-10-6-8-12-7-4-5-9-13(12)14/h4-10,15-16H,11H2,1-3H3,(H,19,20)/t15-,16+/m1/s1. The molecule has 0 spiro atoms. The van der Waals surface area contributed by atoms with E-state index in [1.165, 1.54) is 16.3 Å². The summed E-state index contributed by atoms with van der Waals surface area (Å²) in [5, 5.41) is 5.49. The second-order valence-electron chi connectivity index (χ2n) is 6.66. The van der Waals surface area contributed by atoms with Crippen molar-refractivity contribution in [2.24, 2.45) is 0 Å². The number of rotatable bonds is 2. The molecule has 0 unspecified atom stereocenters. The van der Waals surface area contributed by atoms with Gasteiger partial charge in [-0.05, 0) is 43.5 Å². The first kappa shape index (κ1) is 13.9. The van der Waals surface area contributed by atoms with Gasteiger partial charge >= 0.3 is 6.09 Å². The minimum atomic E-state index is -0.450. The third-order valence-corrected chi connectivity index (χ3v) is 3.72. The first-order chi connectivity index (χ1) is 9.94. The van der Waals surface area contributed by atoms with Gasteiger partial charge in [-0.15, -0.1) is 0 Å². The highest BCUT2D eigenvalue weighted by Crippen LogP contribution is 2.43. The molecule has 1 N–H and O–H groups in total. The van der Waals surface area contributed by atoms with Crippen molar-refractivity contribution in [3.05, 3.63) is 48.0 Å². The Morgan fingerprint density at radius 1 is 1.14 bits per heavy atom. The number of nitrogens with one attached hydrogen (secondary N) is 1. The average Bonchev–Trinajstić information content (AvgIpc) is 3.14. The lowest BCUT2D eigenvalue weighted by Gasteiger charge is -2.19. The SMILES string of the molecule is CC(C)(C)OC(=O)N[C@H]1C[C@@H]1c1cccc2ccccc12. The molecule has 0 heterocycles. The van der Waals surface area contributed by atoms with Crippen LogP contribution >= 0.6 is 0 Å². The molecule has 0 bridgehead atoms. The van der Waals surface area contributed by atoms with Gasteiger partial charge in [0.1, 0.15) is 5.60 Å². The predicted octanol–water partition coefficient (Wildman–Crippen LogP) is 4.22. The number of hydrogen-bond donors (Lipinski definition) is 1. The molecule has 21 heavy (non-hydrogen) atoms. The summed E-state index contributed by atoms with van der Waals surface area (Å²) in [6.07, 6.45) is 0.656. The van der Waals surface area contributed by atoms with E-state index in [-0.39, 0.29) is 12.1 Å². The number of carbonyl (C=O) groups excluding carboxylic acids is 1. The molecular weight excluding hydrogens is 262 g/mol. The molecule has 0 saturated heterocycles. The van der Waals surface area contributed by atoms with Crippen LogP contribution < -0.4 is 5.32 Å². The van der Waals surface area contributed by atoms with Crippen molar-refractivity contribution in [3.63, 3.8) is 0 Å². The van der Waals surface area contributed by atoms with E-state index in [1.54, 1.807) is 0 Å². The maximum absolute atomic E-state index is 11.8. The molecule has 2 aromatic carbocycles. The smallest absolute Gasteiger partial charge is 0.407 e. The Morgan fingerprint density at radius 3 is 2.62 bits per heavy atom. The van der Waals surface area contributed by atoms with Crippen LogP contribution in [0.15, 0.2) is 42.5 Å². The lowest BCUT2D eigenvalue weighted by Crippen LogP contribution is -2.34. The summed E-state index contributed by atoms with van der Waals surface area (Å²) in [4.78, 5) is 11.8. The molecule has 2 atom stereocenters. The van der Waals surface area contributed by atoms with Crippen molar-refractivity contribution in [2.45, 2.75) is 44.8 Å². The summed E-state index contributed by atoms with van der Waals surface area (Å²) in [6, 6.07) is 14.9. The van der Waals surface area contributed by atoms with Crippen molar-refractivity contribution < 1.29 is 9.53 Å². The second kappa shape index (κ2) is 5.06. The molecule has 0 aliphatic heterocycles. The molecule has 1 fully saturated rings. The number of hydrogen-bond acceptors (Lipinski definition) is 2. The van der Waals surface area contributed by atoms with Gasteiger partial charge in [0.25, 0.3) is 0 Å². The Hall–Kier alpha value is -2.03. The third kappa shape index (κ3) is 3.18. The summed E-state index contributed by atoms with van der Waals surface area (Å²) < 4.78 is 5.31. The topological polar surface area (TPSA) is 38.3 Å². The van der Waals surface area contributed by atoms with E-state index in [4.69, 9.17) is 4.74 Å². The summed E-state index contributed by atoms with van der Waals surface area (Å²) >= 11 is 0. The van der Waals surface area contributed by atoms with Crippen LogP contribution in [-0.2, 0) is 4.74 Å². The highest BCUT2D eigenvalue weighted by Gasteiger charge is 2.41. The zero-order valence-electron chi connectivity index (χ0n) is 12.7. The lowest BCUT2D eigenvalue weighted by molar-refractivity contribution is 0.0523. The molecule has 2 aromatic rings. The van der Waals surface area contributed by atoms with Crippen LogP contribution in [-0.4, -0.2) is 17.7 Å². The molecule has 1 saturated carbocycles. The largest absolute Gasteiger partial charge is 0.444 e. The minimum Gasteiger partial charge on any atom is -0.444 e. The van der Waals surface area contributed by atoms with Crippen LogP contribution in [0.2, 0.25) is 0 Å². The van der Waals surface area contributed by atoms with Gasteiger partial charge in [-0.2, -0.15) is 0 Å². The normalized spacial score (nSPS) is 21.1. The average molecular weight is 283 g/mol. The molecule has 1 amide bonds. The Balaban J connectivity index is 1.71. The predicted molar refractivity (Wildman–Crippen MR) is 84.5 cm³/mol. The van der Waals surface area contributed by atoms with E-state index in [9.17, 15) is 4.79 Å². The van der Waals surface area contributed by atoms with Crippen molar-refractivity contribution in [3.8, 4) is 0 Å². The monoisotopic (exact) mass is 283 g/mol. The summed E-state index contributed by atoms with van der Waals surface area (Å²) in [5.41, 5.74) is 0.864. The number of alkyl carbamates (subject to hydrolysis) is 1. The zero-order valence-corrected chi connectivity index (χ0v) is 12.7. The van der Waals surface area contributed by atoms with Gasteiger partial charge in [-0.25, -0.2) is 4.79 Å². The van der Waals surface area contributed by atoms with E-state index in [0.717, 1.165) is 6.42 Å². The maximum Gasteiger partial charge on any atom is 0.407 e. The van der Waals surface area contributed by atoms with Crippen molar-refractivity contribution in [2.75, 3.05) is 0 Å². The summed E-state index contributed by atoms with van der Waals surface area (Å²) in [5.74, 6) is 0.392. The summed E-state index contributed by atoms with van der Waals surface area (Å²) in [7, 11) is 0. The van der Waals surface area contributed by atoms with Gasteiger partial charge < -0.3 is 10.1 Å². The third-order valence-electron chi connectivity index (χ3n) is 3.72. The second-order valence-corrected chi connectivity index (χ2v) is 6.66. The van der Waals surface area contributed by atoms with Gasteiger partial charge in [-0.3, -0.25) is 0 Å². The maximum atomic E-state index is 11.8. The molecule has 3 heteroatoms. The zero-order chi connectivity index (χ0) is 15.0. The molecule has 3 nitrogen and oxygen atoms in total. The van der Waals surface area contributed by atoms with Gasteiger partial charge in [0.15, 0.2) is 0 Å². The van der Waals surface area contributed by atoms with Crippen LogP contribution in [0.3, 0.4) is 0 Å². The van der Waals surface area contributed by atoms with Crippen LogP contribution in [0, 0.1) is 0 Å². The fourth-order valence-electron chi connectivity index (χ4n) is 2.73. The molecule has 1 aliphatic carbocycles. The van der Waals surface area contributed by atoms with Gasteiger partial charge in [0.2, 0.25) is 0 Å². The van der Waals surface area contributed by atoms with Gasteiger partial charge in [-0.1, -0.05) is 42.5 Å². The van der Waals surface area contributed by atoms with Gasteiger partial charge in [0.05, 0.1) is 0 Å². The fraction of sp³-hybridized carbons (Fsp3) is 0.389. The van der Waals surface area contributed by atoms with Crippen molar-refractivity contribution in [1.82, 2.24) is 5.32 Å². The van der Waals surface area contributed by atoms with E-state index < -0.39 is 5.60 Å². The van der Waals surface area contributed by atoms with Crippen molar-refractivity contribution in [1.29, 1.82) is 0 Å². The van der Waals surface area contributed by atoms with Crippen LogP contribution in [0.25, 0.3) is 10.8 Å². The van der Waals surface area contributed by atoms with Crippen LogP contribution in [0.4, 0.5) is 4.79 Å². The molecule has 110 valence electrons.